The SMILES string of the molecule is C[C@@H](NC(=O)OCc1ccccc1)C(=O)N(CC(F)(F)F)OCc1ccccc1. The van der Waals surface area contributed by atoms with Crippen LogP contribution in [0.2, 0.25) is 0 Å². The van der Waals surface area contributed by atoms with E-state index in [-0.39, 0.29) is 18.3 Å². The van der Waals surface area contributed by atoms with Gasteiger partial charge in [-0.3, -0.25) is 9.63 Å². The Morgan fingerprint density at radius 1 is 0.966 bits per heavy atom. The number of ether oxygens (including phenoxy) is 1. The monoisotopic (exact) mass is 410 g/mol. The topological polar surface area (TPSA) is 67.9 Å². The number of carbonyl (C=O) groups is 2. The van der Waals surface area contributed by atoms with E-state index in [4.69, 9.17) is 9.57 Å². The maximum Gasteiger partial charge on any atom is 0.408 e. The third-order valence-corrected chi connectivity index (χ3v) is 3.72. The maximum absolute atomic E-state index is 12.8. The number of hydrogen-bond donors (Lipinski definition) is 1. The van der Waals surface area contributed by atoms with E-state index >= 15 is 0 Å². The van der Waals surface area contributed by atoms with Crippen molar-refractivity contribution in [1.29, 1.82) is 0 Å². The number of benzene rings is 2. The zero-order valence-electron chi connectivity index (χ0n) is 15.7. The highest BCUT2D eigenvalue weighted by molar-refractivity contribution is 5.84. The van der Waals surface area contributed by atoms with Gasteiger partial charge >= 0.3 is 12.3 Å². The van der Waals surface area contributed by atoms with Crippen molar-refractivity contribution in [1.82, 2.24) is 10.4 Å². The van der Waals surface area contributed by atoms with Crippen LogP contribution in [0.4, 0.5) is 18.0 Å². The minimum absolute atomic E-state index is 0.0373. The molecule has 0 aromatic heterocycles. The molecule has 0 aliphatic rings. The van der Waals surface area contributed by atoms with E-state index in [1.807, 2.05) is 0 Å². The molecule has 0 aliphatic carbocycles. The normalized spacial score (nSPS) is 12.1. The van der Waals surface area contributed by atoms with Crippen LogP contribution in [0, 0.1) is 0 Å². The molecule has 0 spiro atoms. The summed E-state index contributed by atoms with van der Waals surface area (Å²) in [5.41, 5.74) is 1.32. The highest BCUT2D eigenvalue weighted by Crippen LogP contribution is 2.18. The van der Waals surface area contributed by atoms with Crippen LogP contribution >= 0.6 is 0 Å². The summed E-state index contributed by atoms with van der Waals surface area (Å²) in [6, 6.07) is 16.0. The van der Waals surface area contributed by atoms with Crippen LogP contribution in [0.3, 0.4) is 0 Å². The van der Waals surface area contributed by atoms with E-state index < -0.39 is 30.8 Å². The van der Waals surface area contributed by atoms with Crippen LogP contribution in [0.25, 0.3) is 0 Å². The number of hydroxylamine groups is 2. The first-order chi connectivity index (χ1) is 13.7. The molecule has 0 bridgehead atoms. The first-order valence-electron chi connectivity index (χ1n) is 8.77. The molecule has 0 saturated carbocycles. The Balaban J connectivity index is 1.92. The minimum Gasteiger partial charge on any atom is -0.445 e. The number of halogens is 3. The number of alkyl carbamates (subject to hydrolysis) is 1. The second kappa shape index (κ2) is 10.5. The molecule has 2 rings (SSSR count). The summed E-state index contributed by atoms with van der Waals surface area (Å²) in [5, 5.41) is 2.42. The fourth-order valence-corrected chi connectivity index (χ4v) is 2.30. The van der Waals surface area contributed by atoms with Gasteiger partial charge in [-0.1, -0.05) is 60.7 Å². The highest BCUT2D eigenvalue weighted by Gasteiger charge is 2.36. The maximum atomic E-state index is 12.8. The van der Waals surface area contributed by atoms with E-state index in [0.717, 1.165) is 5.56 Å². The lowest BCUT2D eigenvalue weighted by molar-refractivity contribution is -0.238. The molecule has 0 saturated heterocycles. The summed E-state index contributed by atoms with van der Waals surface area (Å²) < 4.78 is 43.5. The summed E-state index contributed by atoms with van der Waals surface area (Å²) in [6.07, 6.45) is -5.59. The Morgan fingerprint density at radius 3 is 2.00 bits per heavy atom. The predicted molar refractivity (Wildman–Crippen MR) is 98.2 cm³/mol. The Hall–Kier alpha value is -3.07. The Kier molecular flexibility index (Phi) is 8.02. The Labute approximate surface area is 166 Å². The van der Waals surface area contributed by atoms with Crippen molar-refractivity contribution < 1.29 is 32.3 Å². The van der Waals surface area contributed by atoms with Gasteiger partial charge in [0.25, 0.3) is 5.91 Å². The first-order valence-corrected chi connectivity index (χ1v) is 8.77. The summed E-state index contributed by atoms with van der Waals surface area (Å²) in [4.78, 5) is 29.3. The molecule has 1 N–H and O–H groups in total. The molecule has 2 amide bonds. The van der Waals surface area contributed by atoms with Crippen LogP contribution in [0.15, 0.2) is 60.7 Å². The van der Waals surface area contributed by atoms with Crippen molar-refractivity contribution in [2.24, 2.45) is 0 Å². The van der Waals surface area contributed by atoms with Gasteiger partial charge < -0.3 is 10.1 Å². The van der Waals surface area contributed by atoms with Gasteiger partial charge in [-0.15, -0.1) is 0 Å². The zero-order chi connectivity index (χ0) is 21.3. The zero-order valence-corrected chi connectivity index (χ0v) is 15.7. The van der Waals surface area contributed by atoms with Crippen molar-refractivity contribution >= 4 is 12.0 Å². The lowest BCUT2D eigenvalue weighted by Crippen LogP contribution is -2.49. The van der Waals surface area contributed by atoms with Gasteiger partial charge in [0.05, 0.1) is 0 Å². The molecule has 6 nitrogen and oxygen atoms in total. The van der Waals surface area contributed by atoms with Gasteiger partial charge in [0.1, 0.15) is 25.8 Å². The van der Waals surface area contributed by atoms with Crippen LogP contribution in [0.1, 0.15) is 18.1 Å². The average Bonchev–Trinajstić information content (AvgIpc) is 2.69. The third-order valence-electron chi connectivity index (χ3n) is 3.72. The molecule has 0 radical (unpaired) electrons. The summed E-state index contributed by atoms with van der Waals surface area (Å²) >= 11 is 0. The minimum atomic E-state index is -4.67. The van der Waals surface area contributed by atoms with Gasteiger partial charge in [0.2, 0.25) is 0 Å². The molecule has 156 valence electrons. The van der Waals surface area contributed by atoms with E-state index in [1.165, 1.54) is 6.92 Å². The Morgan fingerprint density at radius 2 is 1.48 bits per heavy atom. The van der Waals surface area contributed by atoms with Gasteiger partial charge in [0.15, 0.2) is 0 Å². The lowest BCUT2D eigenvalue weighted by atomic mass is 10.2. The molecular weight excluding hydrogens is 389 g/mol. The highest BCUT2D eigenvalue weighted by atomic mass is 19.4. The predicted octanol–water partition coefficient (Wildman–Crippen LogP) is 3.82. The largest absolute Gasteiger partial charge is 0.445 e. The molecule has 2 aromatic carbocycles. The van der Waals surface area contributed by atoms with Crippen molar-refractivity contribution in [2.45, 2.75) is 32.4 Å². The van der Waals surface area contributed by atoms with E-state index in [1.54, 1.807) is 60.7 Å². The van der Waals surface area contributed by atoms with Crippen molar-refractivity contribution in [3.63, 3.8) is 0 Å². The van der Waals surface area contributed by atoms with Crippen LogP contribution in [-0.2, 0) is 27.6 Å². The number of rotatable bonds is 8. The number of alkyl halides is 3. The quantitative estimate of drug-likeness (QED) is 0.672. The molecule has 9 heteroatoms. The van der Waals surface area contributed by atoms with Crippen LogP contribution < -0.4 is 5.32 Å². The van der Waals surface area contributed by atoms with Crippen LogP contribution in [0.5, 0.6) is 0 Å². The second-order valence-electron chi connectivity index (χ2n) is 6.18. The second-order valence-corrected chi connectivity index (χ2v) is 6.18. The number of hydrogen-bond acceptors (Lipinski definition) is 4. The molecule has 0 aliphatic heterocycles. The molecule has 1 atom stereocenters. The van der Waals surface area contributed by atoms with E-state index in [9.17, 15) is 22.8 Å². The Bertz CT molecular complexity index is 785. The summed E-state index contributed by atoms with van der Waals surface area (Å²) in [6.45, 7) is -0.622. The summed E-state index contributed by atoms with van der Waals surface area (Å²) in [5.74, 6) is -1.05. The van der Waals surface area contributed by atoms with E-state index in [2.05, 4.69) is 5.32 Å². The van der Waals surface area contributed by atoms with Gasteiger partial charge in [-0.05, 0) is 18.1 Å². The third kappa shape index (κ3) is 8.22. The van der Waals surface area contributed by atoms with Gasteiger partial charge in [0, 0.05) is 0 Å². The fourth-order valence-electron chi connectivity index (χ4n) is 2.30. The lowest BCUT2D eigenvalue weighted by Gasteiger charge is -2.26. The smallest absolute Gasteiger partial charge is 0.408 e. The average molecular weight is 410 g/mol. The first kappa shape index (κ1) is 22.2. The standard InChI is InChI=1S/C20H21F3N2O4/c1-15(24-19(27)28-12-16-8-4-2-5-9-16)18(26)25(14-20(21,22)23)29-13-17-10-6-3-7-11-17/h2-11,15H,12-14H2,1H3,(H,24,27)/t15-/m1/s1. The van der Waals surface area contributed by atoms with Crippen molar-refractivity contribution in [3.8, 4) is 0 Å². The molecule has 0 heterocycles. The molecule has 2 aromatic rings. The molecule has 0 unspecified atom stereocenters. The van der Waals surface area contributed by atoms with E-state index in [0.29, 0.717) is 5.56 Å². The molecule has 0 fully saturated rings. The number of amides is 2. The van der Waals surface area contributed by atoms with Crippen molar-refractivity contribution in [2.75, 3.05) is 6.54 Å². The van der Waals surface area contributed by atoms with Crippen LogP contribution in [-0.4, -0.2) is 35.8 Å². The molecule has 29 heavy (non-hydrogen) atoms. The summed E-state index contributed by atoms with van der Waals surface area (Å²) in [7, 11) is 0. The number of nitrogens with zero attached hydrogens (tertiary/aromatic N) is 1. The van der Waals surface area contributed by atoms with Gasteiger partial charge in [-0.2, -0.15) is 13.2 Å². The molecular formula is C20H21F3N2O4. The number of carbonyl (C=O) groups excluding carboxylic acids is 2. The van der Waals surface area contributed by atoms with Gasteiger partial charge in [-0.25, -0.2) is 9.86 Å². The number of nitrogens with one attached hydrogen (secondary N) is 1. The fraction of sp³-hybridized carbons (Fsp3) is 0.300. The van der Waals surface area contributed by atoms with Crippen molar-refractivity contribution in [3.05, 3.63) is 71.8 Å².